The number of rotatable bonds is 21. The summed E-state index contributed by atoms with van der Waals surface area (Å²) in [7, 11) is -5.29. The molecule has 0 amide bonds. The first-order valence-corrected chi connectivity index (χ1v) is 26.4. The Labute approximate surface area is 351 Å². The van der Waals surface area contributed by atoms with Crippen molar-refractivity contribution in [3.05, 3.63) is 132 Å². The maximum Gasteiger partial charge on any atom is 0.330 e. The van der Waals surface area contributed by atoms with Gasteiger partial charge in [-0.25, -0.2) is 4.79 Å². The molecular weight excluding hydrogens is 761 g/mol. The third-order valence-electron chi connectivity index (χ3n) is 11.4. The Morgan fingerprint density at radius 1 is 0.737 bits per heavy atom. The first-order valence-electron chi connectivity index (χ1n) is 20.2. The topological polar surface area (TPSA) is 74.2 Å². The van der Waals surface area contributed by atoms with E-state index < -0.39 is 40.9 Å². The summed E-state index contributed by atoms with van der Waals surface area (Å²) in [5.74, 6) is -0.545. The van der Waals surface area contributed by atoms with Crippen molar-refractivity contribution in [1.29, 1.82) is 0 Å². The summed E-state index contributed by atoms with van der Waals surface area (Å²) < 4.78 is 28.9. The second-order valence-electron chi connectivity index (χ2n) is 17.6. The molecule has 0 radical (unpaired) electrons. The van der Waals surface area contributed by atoms with Gasteiger partial charge in [-0.2, -0.15) is 0 Å². The van der Waals surface area contributed by atoms with Gasteiger partial charge in [0, 0.05) is 5.57 Å². The zero-order valence-electron chi connectivity index (χ0n) is 36.9. The van der Waals surface area contributed by atoms with E-state index in [1.165, 1.54) is 5.57 Å². The van der Waals surface area contributed by atoms with Crippen LogP contribution in [0.15, 0.2) is 126 Å². The van der Waals surface area contributed by atoms with E-state index in [9.17, 15) is 9.90 Å². The molecule has 0 heterocycles. The summed E-state index contributed by atoms with van der Waals surface area (Å²) >= 11 is 1.58. The molecule has 0 saturated carbocycles. The largest absolute Gasteiger partial charge is 0.478 e. The summed E-state index contributed by atoms with van der Waals surface area (Å²) in [6.07, 6.45) is 7.37. The van der Waals surface area contributed by atoms with Crippen LogP contribution >= 0.6 is 11.8 Å². The summed E-state index contributed by atoms with van der Waals surface area (Å²) in [5.41, 5.74) is 3.51. The zero-order valence-corrected chi connectivity index (χ0v) is 39.7. The van der Waals surface area contributed by atoms with Crippen LogP contribution in [0.5, 0.6) is 0 Å². The van der Waals surface area contributed by atoms with Crippen LogP contribution in [-0.4, -0.2) is 64.3 Å². The molecule has 0 spiro atoms. The molecule has 0 aromatic heterocycles. The SMILES string of the molecule is C/C=C(/C)[C@@H](C/C=C(\C)[C@@H](O[Si](c1ccccc1)(c1ccccc1)C(C)(C)C)[C@H](OCc1ccccc1)C(C/C=C(/C)C(=O)O)OCSC)O[Si](C)(C)C(C)(C)C. The lowest BCUT2D eigenvalue weighted by atomic mass is 9.96. The molecule has 0 fully saturated rings. The van der Waals surface area contributed by atoms with E-state index in [0.717, 1.165) is 21.5 Å². The van der Waals surface area contributed by atoms with Gasteiger partial charge in [-0.05, 0) is 97.0 Å². The van der Waals surface area contributed by atoms with Crippen molar-refractivity contribution < 1.29 is 28.2 Å². The predicted octanol–water partition coefficient (Wildman–Crippen LogP) is 11.3. The number of aliphatic carboxylic acids is 1. The molecule has 9 heteroatoms. The van der Waals surface area contributed by atoms with Crippen LogP contribution in [-0.2, 0) is 29.7 Å². The number of hydrogen-bond donors (Lipinski definition) is 1. The maximum absolute atomic E-state index is 12.1. The lowest BCUT2D eigenvalue weighted by Gasteiger charge is -2.47. The minimum absolute atomic E-state index is 0.0484. The first kappa shape index (κ1) is 48.3. The average Bonchev–Trinajstić information content (AvgIpc) is 3.17. The van der Waals surface area contributed by atoms with Crippen LogP contribution in [0, 0.1) is 0 Å². The van der Waals surface area contributed by atoms with Gasteiger partial charge in [0.2, 0.25) is 0 Å². The monoisotopic (exact) mass is 830 g/mol. The van der Waals surface area contributed by atoms with Gasteiger partial charge in [-0.15, -0.1) is 11.8 Å². The van der Waals surface area contributed by atoms with Crippen molar-refractivity contribution in [2.75, 3.05) is 12.2 Å². The summed E-state index contributed by atoms with van der Waals surface area (Å²) in [5, 5.41) is 11.9. The normalized spacial score (nSPS) is 15.9. The van der Waals surface area contributed by atoms with Gasteiger partial charge in [0.15, 0.2) is 8.32 Å². The highest BCUT2D eigenvalue weighted by Crippen LogP contribution is 2.41. The molecule has 0 aliphatic carbocycles. The van der Waals surface area contributed by atoms with E-state index in [1.54, 1.807) is 24.8 Å². The molecule has 4 atom stereocenters. The third-order valence-corrected chi connectivity index (χ3v) is 21.2. The first-order chi connectivity index (χ1) is 26.8. The minimum atomic E-state index is -3.16. The molecule has 3 rings (SSSR count). The van der Waals surface area contributed by atoms with Crippen molar-refractivity contribution in [1.82, 2.24) is 0 Å². The minimum Gasteiger partial charge on any atom is -0.478 e. The smallest absolute Gasteiger partial charge is 0.330 e. The summed E-state index contributed by atoms with van der Waals surface area (Å²) in [6, 6.07) is 31.5. The third kappa shape index (κ3) is 13.2. The predicted molar refractivity (Wildman–Crippen MR) is 247 cm³/mol. The second kappa shape index (κ2) is 21.8. The zero-order chi connectivity index (χ0) is 42.4. The Bertz CT molecular complexity index is 1720. The van der Waals surface area contributed by atoms with E-state index in [1.807, 2.05) is 24.5 Å². The number of carbonyl (C=O) groups is 1. The van der Waals surface area contributed by atoms with Crippen LogP contribution in [0.3, 0.4) is 0 Å². The van der Waals surface area contributed by atoms with Crippen LogP contribution in [0.1, 0.15) is 87.6 Å². The number of ether oxygens (including phenoxy) is 2. The highest BCUT2D eigenvalue weighted by atomic mass is 32.2. The molecule has 0 aliphatic rings. The number of carboxylic acid groups (broad SMARTS) is 1. The standard InChI is InChI=1S/C48H70O6SSi2/c1-14-36(2)42(53-56(12,13)47(5,6)7)32-30-37(3)44(54-57(48(8,9)10,40-26-20-16-21-27-40)41-28-22-17-23-29-41)45(51-34-39-24-18-15-19-25-39)43(52-35-55-11)33-31-38(4)46(49)50/h14-31,42-45H,32-35H2,1-13H3,(H,49,50)/b36-14-,37-30+,38-31-/t42-,43?,44-,45-/m1/s1. The molecular formula is C48H70O6SSi2. The van der Waals surface area contributed by atoms with Crippen LogP contribution in [0.2, 0.25) is 23.2 Å². The van der Waals surface area contributed by atoms with Crippen molar-refractivity contribution in [3.8, 4) is 0 Å². The van der Waals surface area contributed by atoms with Crippen LogP contribution < -0.4 is 10.4 Å². The van der Waals surface area contributed by atoms with E-state index in [-0.39, 0.29) is 21.8 Å². The quantitative estimate of drug-likeness (QED) is 0.0496. The van der Waals surface area contributed by atoms with E-state index in [4.69, 9.17) is 18.3 Å². The second-order valence-corrected chi connectivity index (χ2v) is 27.4. The van der Waals surface area contributed by atoms with Gasteiger partial charge in [-0.3, -0.25) is 0 Å². The number of allylic oxidation sites excluding steroid dienone is 1. The Hall–Kier alpha value is -3.03. The Balaban J connectivity index is 2.40. The molecule has 57 heavy (non-hydrogen) atoms. The fourth-order valence-electron chi connectivity index (χ4n) is 6.74. The summed E-state index contributed by atoms with van der Waals surface area (Å²) in [6.45, 7) is 26.7. The van der Waals surface area contributed by atoms with Crippen LogP contribution in [0.4, 0.5) is 0 Å². The van der Waals surface area contributed by atoms with Gasteiger partial charge in [0.25, 0.3) is 8.32 Å². The number of hydrogen-bond acceptors (Lipinski definition) is 6. The number of carboxylic acids is 1. The average molecular weight is 831 g/mol. The highest BCUT2D eigenvalue weighted by molar-refractivity contribution is 7.98. The molecule has 0 aliphatic heterocycles. The fraction of sp³-hybridized carbons (Fsp3) is 0.479. The molecule has 0 saturated heterocycles. The van der Waals surface area contributed by atoms with Gasteiger partial charge >= 0.3 is 5.97 Å². The van der Waals surface area contributed by atoms with Gasteiger partial charge in [-0.1, -0.05) is 151 Å². The van der Waals surface area contributed by atoms with Crippen molar-refractivity contribution >= 4 is 44.7 Å². The molecule has 6 nitrogen and oxygen atoms in total. The van der Waals surface area contributed by atoms with Gasteiger partial charge in [0.1, 0.15) is 6.10 Å². The molecule has 3 aromatic carbocycles. The van der Waals surface area contributed by atoms with Crippen molar-refractivity contribution in [2.45, 2.75) is 136 Å². The molecule has 312 valence electrons. The number of benzene rings is 3. The maximum atomic E-state index is 12.1. The van der Waals surface area contributed by atoms with Gasteiger partial charge in [0.05, 0.1) is 30.9 Å². The molecule has 0 bridgehead atoms. The van der Waals surface area contributed by atoms with E-state index in [0.29, 0.717) is 25.4 Å². The lowest BCUT2D eigenvalue weighted by molar-refractivity contribution is -0.132. The molecule has 3 aromatic rings. The van der Waals surface area contributed by atoms with E-state index >= 15 is 0 Å². The summed E-state index contributed by atoms with van der Waals surface area (Å²) in [4.78, 5) is 12.1. The number of thioether (sulfide) groups is 1. The molecule has 1 N–H and O–H groups in total. The van der Waals surface area contributed by atoms with Crippen molar-refractivity contribution in [3.63, 3.8) is 0 Å². The van der Waals surface area contributed by atoms with Crippen molar-refractivity contribution in [2.24, 2.45) is 0 Å². The van der Waals surface area contributed by atoms with Gasteiger partial charge < -0.3 is 23.4 Å². The Kier molecular flexibility index (Phi) is 18.5. The van der Waals surface area contributed by atoms with Crippen LogP contribution in [0.25, 0.3) is 0 Å². The Morgan fingerprint density at radius 2 is 1.26 bits per heavy atom. The lowest BCUT2D eigenvalue weighted by Crippen LogP contribution is -2.69. The Morgan fingerprint density at radius 3 is 1.72 bits per heavy atom. The molecule has 1 unspecified atom stereocenters. The van der Waals surface area contributed by atoms with E-state index in [2.05, 4.69) is 160 Å². The fourth-order valence-corrected chi connectivity index (χ4v) is 13.1. The highest BCUT2D eigenvalue weighted by Gasteiger charge is 2.53.